The number of carbonyl (C=O) groups excluding carboxylic acids is 1. The average Bonchev–Trinajstić information content (AvgIpc) is 2.32. The second kappa shape index (κ2) is 7.24. The molecule has 5 heteroatoms. The van der Waals surface area contributed by atoms with E-state index in [4.69, 9.17) is 11.6 Å². The number of urea groups is 1. The van der Waals surface area contributed by atoms with Crippen LogP contribution in [0.25, 0.3) is 0 Å². The third kappa shape index (κ3) is 4.94. The molecule has 0 aliphatic rings. The number of anilines is 1. The van der Waals surface area contributed by atoms with Crippen molar-refractivity contribution in [3.05, 3.63) is 28.8 Å². The molecule has 0 fully saturated rings. The molecular weight excluding hydrogens is 252 g/mol. The highest BCUT2D eigenvalue weighted by Gasteiger charge is 2.06. The number of aliphatic hydroxyl groups excluding tert-OH is 1. The van der Waals surface area contributed by atoms with E-state index in [1.807, 2.05) is 19.9 Å². The molecule has 1 atom stereocenters. The molecule has 2 amide bonds. The number of halogens is 1. The number of nitrogens with one attached hydrogen (secondary N) is 2. The first kappa shape index (κ1) is 14.8. The fourth-order valence-electron chi connectivity index (χ4n) is 1.44. The average molecular weight is 271 g/mol. The first-order valence-electron chi connectivity index (χ1n) is 6.02. The number of hydrogen-bond donors (Lipinski definition) is 3. The van der Waals surface area contributed by atoms with Crippen molar-refractivity contribution >= 4 is 23.3 Å². The summed E-state index contributed by atoms with van der Waals surface area (Å²) in [5, 5.41) is 15.2. The Morgan fingerprint density at radius 2 is 2.22 bits per heavy atom. The van der Waals surface area contributed by atoms with Gasteiger partial charge in [-0.15, -0.1) is 0 Å². The fraction of sp³-hybridized carbons (Fsp3) is 0.462. The quantitative estimate of drug-likeness (QED) is 0.770. The van der Waals surface area contributed by atoms with Crippen molar-refractivity contribution in [2.24, 2.45) is 0 Å². The van der Waals surface area contributed by atoms with E-state index in [2.05, 4.69) is 10.6 Å². The van der Waals surface area contributed by atoms with Gasteiger partial charge in [0.05, 0.1) is 16.8 Å². The van der Waals surface area contributed by atoms with Crippen LogP contribution in [0.5, 0.6) is 0 Å². The maximum absolute atomic E-state index is 11.6. The van der Waals surface area contributed by atoms with Gasteiger partial charge in [0.1, 0.15) is 0 Å². The van der Waals surface area contributed by atoms with Crippen LogP contribution in [0.3, 0.4) is 0 Å². The fourth-order valence-corrected chi connectivity index (χ4v) is 1.73. The summed E-state index contributed by atoms with van der Waals surface area (Å²) in [5.41, 5.74) is 1.62. The summed E-state index contributed by atoms with van der Waals surface area (Å²) in [6.45, 7) is 4.27. The zero-order valence-corrected chi connectivity index (χ0v) is 11.4. The zero-order valence-electron chi connectivity index (χ0n) is 10.7. The highest BCUT2D eigenvalue weighted by atomic mass is 35.5. The van der Waals surface area contributed by atoms with E-state index in [9.17, 15) is 9.90 Å². The number of aryl methyl sites for hydroxylation is 1. The third-order valence-electron chi connectivity index (χ3n) is 2.61. The number of hydrogen-bond acceptors (Lipinski definition) is 2. The van der Waals surface area contributed by atoms with Crippen LogP contribution in [0.4, 0.5) is 10.5 Å². The number of amides is 2. The van der Waals surface area contributed by atoms with Gasteiger partial charge in [0.2, 0.25) is 0 Å². The summed E-state index contributed by atoms with van der Waals surface area (Å²) in [6.07, 6.45) is 0.867. The summed E-state index contributed by atoms with van der Waals surface area (Å²) in [7, 11) is 0. The molecule has 0 aliphatic carbocycles. The van der Waals surface area contributed by atoms with Crippen molar-refractivity contribution in [3.63, 3.8) is 0 Å². The molecule has 0 saturated heterocycles. The van der Waals surface area contributed by atoms with Crippen molar-refractivity contribution in [1.29, 1.82) is 0 Å². The summed E-state index contributed by atoms with van der Waals surface area (Å²) in [6, 6.07) is 5.11. The first-order chi connectivity index (χ1) is 8.52. The smallest absolute Gasteiger partial charge is 0.319 e. The third-order valence-corrected chi connectivity index (χ3v) is 2.92. The number of carbonyl (C=O) groups is 1. The largest absolute Gasteiger partial charge is 0.393 e. The highest BCUT2D eigenvalue weighted by Crippen LogP contribution is 2.22. The van der Waals surface area contributed by atoms with Crippen molar-refractivity contribution in [2.75, 3.05) is 11.9 Å². The van der Waals surface area contributed by atoms with Crippen molar-refractivity contribution < 1.29 is 9.90 Å². The SMILES string of the molecule is CCC(O)CCNC(=O)Nc1ccc(C)cc1Cl. The van der Waals surface area contributed by atoms with Gasteiger partial charge in [-0.2, -0.15) is 0 Å². The molecule has 18 heavy (non-hydrogen) atoms. The lowest BCUT2D eigenvalue weighted by molar-refractivity contribution is 0.160. The molecule has 1 aromatic rings. The van der Waals surface area contributed by atoms with Crippen LogP contribution in [0, 0.1) is 6.92 Å². The van der Waals surface area contributed by atoms with Crippen molar-refractivity contribution in [2.45, 2.75) is 32.8 Å². The maximum Gasteiger partial charge on any atom is 0.319 e. The molecule has 0 aromatic heterocycles. The Morgan fingerprint density at radius 3 is 2.83 bits per heavy atom. The lowest BCUT2D eigenvalue weighted by Crippen LogP contribution is -2.31. The predicted octanol–water partition coefficient (Wildman–Crippen LogP) is 2.93. The normalized spacial score (nSPS) is 12.0. The van der Waals surface area contributed by atoms with Gasteiger partial charge >= 0.3 is 6.03 Å². The Hall–Kier alpha value is -1.26. The topological polar surface area (TPSA) is 61.4 Å². The molecule has 0 spiro atoms. The summed E-state index contributed by atoms with van der Waals surface area (Å²) in [4.78, 5) is 11.6. The van der Waals surface area contributed by atoms with Crippen LogP contribution in [0.1, 0.15) is 25.3 Å². The maximum atomic E-state index is 11.6. The van der Waals surface area contributed by atoms with E-state index in [1.54, 1.807) is 12.1 Å². The van der Waals surface area contributed by atoms with E-state index in [1.165, 1.54) is 0 Å². The van der Waals surface area contributed by atoms with Gasteiger partial charge in [-0.3, -0.25) is 0 Å². The Morgan fingerprint density at radius 1 is 1.50 bits per heavy atom. The van der Waals surface area contributed by atoms with E-state index in [0.717, 1.165) is 5.56 Å². The molecule has 1 aromatic carbocycles. The molecule has 1 unspecified atom stereocenters. The van der Waals surface area contributed by atoms with Gasteiger partial charge in [0.15, 0.2) is 0 Å². The molecule has 4 nitrogen and oxygen atoms in total. The van der Waals surface area contributed by atoms with Gasteiger partial charge in [-0.25, -0.2) is 4.79 Å². The zero-order chi connectivity index (χ0) is 13.5. The van der Waals surface area contributed by atoms with Gasteiger partial charge in [-0.1, -0.05) is 24.6 Å². The summed E-state index contributed by atoms with van der Waals surface area (Å²) >= 11 is 6.00. The standard InChI is InChI=1S/C13H19ClN2O2/c1-3-10(17)6-7-15-13(18)16-12-5-4-9(2)8-11(12)14/h4-5,8,10,17H,3,6-7H2,1-2H3,(H2,15,16,18). The molecule has 0 radical (unpaired) electrons. The monoisotopic (exact) mass is 270 g/mol. The molecule has 0 bridgehead atoms. The summed E-state index contributed by atoms with van der Waals surface area (Å²) < 4.78 is 0. The predicted molar refractivity (Wildman–Crippen MR) is 74.1 cm³/mol. The lowest BCUT2D eigenvalue weighted by Gasteiger charge is -2.11. The van der Waals surface area contributed by atoms with Gasteiger partial charge in [0, 0.05) is 6.54 Å². The lowest BCUT2D eigenvalue weighted by atomic mass is 10.2. The van der Waals surface area contributed by atoms with Gasteiger partial charge in [0.25, 0.3) is 0 Å². The number of rotatable bonds is 5. The minimum absolute atomic E-state index is 0.316. The van der Waals surface area contributed by atoms with E-state index < -0.39 is 0 Å². The van der Waals surface area contributed by atoms with Crippen LogP contribution in [0.2, 0.25) is 5.02 Å². The Bertz CT molecular complexity index is 410. The number of benzene rings is 1. The van der Waals surface area contributed by atoms with E-state index in [-0.39, 0.29) is 12.1 Å². The highest BCUT2D eigenvalue weighted by molar-refractivity contribution is 6.33. The molecule has 0 heterocycles. The van der Waals surface area contributed by atoms with E-state index >= 15 is 0 Å². The van der Waals surface area contributed by atoms with Crippen LogP contribution >= 0.6 is 11.6 Å². The van der Waals surface area contributed by atoms with Crippen LogP contribution in [-0.2, 0) is 0 Å². The first-order valence-corrected chi connectivity index (χ1v) is 6.39. The minimum atomic E-state index is -0.367. The molecule has 100 valence electrons. The van der Waals surface area contributed by atoms with E-state index in [0.29, 0.717) is 30.1 Å². The summed E-state index contributed by atoms with van der Waals surface area (Å²) in [5.74, 6) is 0. The van der Waals surface area contributed by atoms with Gasteiger partial charge in [-0.05, 0) is 37.5 Å². The second-order valence-electron chi connectivity index (χ2n) is 4.21. The number of aliphatic hydroxyl groups is 1. The Kier molecular flexibility index (Phi) is 5.95. The van der Waals surface area contributed by atoms with Crippen LogP contribution < -0.4 is 10.6 Å². The molecule has 0 aliphatic heterocycles. The van der Waals surface area contributed by atoms with Crippen LogP contribution in [-0.4, -0.2) is 23.8 Å². The second-order valence-corrected chi connectivity index (χ2v) is 4.62. The van der Waals surface area contributed by atoms with Gasteiger partial charge < -0.3 is 15.7 Å². The van der Waals surface area contributed by atoms with Crippen molar-refractivity contribution in [3.8, 4) is 0 Å². The Balaban J connectivity index is 2.40. The minimum Gasteiger partial charge on any atom is -0.393 e. The Labute approximate surface area is 112 Å². The molecule has 3 N–H and O–H groups in total. The van der Waals surface area contributed by atoms with Crippen molar-refractivity contribution in [1.82, 2.24) is 5.32 Å². The van der Waals surface area contributed by atoms with Crippen LogP contribution in [0.15, 0.2) is 18.2 Å². The molecular formula is C13H19ClN2O2. The molecule has 0 saturated carbocycles. The molecule has 1 rings (SSSR count).